The molecule has 3 aromatic rings. The van der Waals surface area contributed by atoms with Gasteiger partial charge in [0.2, 0.25) is 0 Å². The first-order valence-electron chi connectivity index (χ1n) is 7.73. The lowest BCUT2D eigenvalue weighted by Gasteiger charge is -2.05. The number of allylic oxidation sites excluding steroid dienone is 2. The molecule has 25 heavy (non-hydrogen) atoms. The topological polar surface area (TPSA) is 54.0 Å². The van der Waals surface area contributed by atoms with Gasteiger partial charge in [-0.2, -0.15) is 0 Å². The minimum absolute atomic E-state index is 0.264. The van der Waals surface area contributed by atoms with Gasteiger partial charge in [0.15, 0.2) is 4.96 Å². The molecular weight excluding hydrogens is 337 g/mol. The molecule has 0 aliphatic rings. The van der Waals surface area contributed by atoms with Crippen LogP contribution in [0.2, 0.25) is 0 Å². The molecule has 0 atom stereocenters. The Kier molecular flexibility index (Phi) is 5.47. The highest BCUT2D eigenvalue weighted by molar-refractivity contribution is 7.15. The van der Waals surface area contributed by atoms with Crippen LogP contribution in [-0.2, 0) is 6.42 Å². The largest absolute Gasteiger partial charge is 0.301 e. The summed E-state index contributed by atoms with van der Waals surface area (Å²) in [6.45, 7) is 4.19. The fourth-order valence-electron chi connectivity index (χ4n) is 2.46. The van der Waals surface area contributed by atoms with Crippen molar-refractivity contribution in [3.05, 3.63) is 59.1 Å². The maximum atomic E-state index is 13.2. The summed E-state index contributed by atoms with van der Waals surface area (Å²) in [5, 5.41) is 4.93. The number of aliphatic imine (C=N–C) groups is 2. The molecule has 0 radical (unpaired) electrons. The van der Waals surface area contributed by atoms with E-state index in [-0.39, 0.29) is 5.82 Å². The van der Waals surface area contributed by atoms with Gasteiger partial charge in [-0.1, -0.05) is 0 Å². The molecule has 0 unspecified atom stereocenters. The Morgan fingerprint density at radius 3 is 2.92 bits per heavy atom. The molecule has 0 bridgehead atoms. The zero-order valence-corrected chi connectivity index (χ0v) is 14.6. The number of halogens is 1. The lowest BCUT2D eigenvalue weighted by Crippen LogP contribution is -2.04. The van der Waals surface area contributed by atoms with E-state index in [4.69, 9.17) is 4.98 Å². The first-order chi connectivity index (χ1) is 12.2. The smallest absolute Gasteiger partial charge is 0.194 e. The van der Waals surface area contributed by atoms with Crippen LogP contribution >= 0.6 is 11.3 Å². The molecule has 3 rings (SSSR count). The Morgan fingerprint density at radius 2 is 2.20 bits per heavy atom. The fraction of sp³-hybridized carbons (Fsp3) is 0.167. The van der Waals surface area contributed by atoms with Gasteiger partial charge in [-0.25, -0.2) is 9.37 Å². The number of thiazole rings is 1. The molecule has 0 amide bonds. The second kappa shape index (κ2) is 7.96. The van der Waals surface area contributed by atoms with E-state index < -0.39 is 0 Å². The summed E-state index contributed by atoms with van der Waals surface area (Å²) in [5.74, 6) is -0.264. The van der Waals surface area contributed by atoms with Gasteiger partial charge in [-0.15, -0.1) is 11.3 Å². The maximum Gasteiger partial charge on any atom is 0.194 e. The molecule has 2 aromatic heterocycles. The summed E-state index contributed by atoms with van der Waals surface area (Å²) >= 11 is 1.56. The minimum Gasteiger partial charge on any atom is -0.301 e. The SMILES string of the molecule is C=N/C(=C\C=N/CNC)Cc1c(-c2ccc(F)cc2)nc2sccn12. The highest BCUT2D eigenvalue weighted by Gasteiger charge is 2.16. The number of hydrogen-bond donors (Lipinski definition) is 1. The van der Waals surface area contributed by atoms with Gasteiger partial charge >= 0.3 is 0 Å². The molecule has 1 aromatic carbocycles. The standard InChI is InChI=1S/C18H18FN5S/c1-20-12-22-8-7-15(21-2)11-16-17(13-3-5-14(19)6-4-13)23-18-24(16)9-10-25-18/h3-10,20H,2,11-12H2,1H3/b15-7-,22-8-. The number of imidazole rings is 1. The van der Waals surface area contributed by atoms with Crippen molar-refractivity contribution >= 4 is 29.2 Å². The van der Waals surface area contributed by atoms with E-state index in [1.807, 2.05) is 29.1 Å². The van der Waals surface area contributed by atoms with Crippen LogP contribution in [0.4, 0.5) is 4.39 Å². The average molecular weight is 355 g/mol. The molecule has 0 aliphatic heterocycles. The van der Waals surface area contributed by atoms with Gasteiger partial charge in [0.25, 0.3) is 0 Å². The van der Waals surface area contributed by atoms with Crippen molar-refractivity contribution in [2.75, 3.05) is 13.7 Å². The van der Waals surface area contributed by atoms with E-state index in [9.17, 15) is 4.39 Å². The van der Waals surface area contributed by atoms with Crippen LogP contribution in [-0.4, -0.2) is 36.0 Å². The molecule has 5 nitrogen and oxygen atoms in total. The summed E-state index contributed by atoms with van der Waals surface area (Å²) in [6.07, 6.45) is 6.08. The minimum atomic E-state index is -0.264. The van der Waals surface area contributed by atoms with Crippen molar-refractivity contribution in [3.8, 4) is 11.3 Å². The van der Waals surface area contributed by atoms with Crippen molar-refractivity contribution in [1.29, 1.82) is 0 Å². The normalized spacial score (nSPS) is 12.3. The molecular formula is C18H18FN5S. The molecule has 0 saturated carbocycles. The van der Waals surface area contributed by atoms with Gasteiger partial charge in [0.05, 0.1) is 18.1 Å². The highest BCUT2D eigenvalue weighted by atomic mass is 32.1. The molecule has 0 fully saturated rings. The Hall–Kier alpha value is -2.64. The summed E-state index contributed by atoms with van der Waals surface area (Å²) in [5.41, 5.74) is 3.48. The van der Waals surface area contributed by atoms with E-state index in [0.717, 1.165) is 27.6 Å². The second-order valence-corrected chi connectivity index (χ2v) is 6.18. The summed E-state index contributed by atoms with van der Waals surface area (Å²) in [4.78, 5) is 13.9. The zero-order chi connectivity index (χ0) is 17.6. The fourth-order valence-corrected chi connectivity index (χ4v) is 3.20. The Balaban J connectivity index is 1.99. The molecule has 7 heteroatoms. The monoisotopic (exact) mass is 355 g/mol. The second-order valence-electron chi connectivity index (χ2n) is 5.31. The maximum absolute atomic E-state index is 13.2. The van der Waals surface area contributed by atoms with Gasteiger partial charge in [-0.05, 0) is 44.1 Å². The van der Waals surface area contributed by atoms with Crippen LogP contribution in [0.5, 0.6) is 0 Å². The van der Waals surface area contributed by atoms with E-state index >= 15 is 0 Å². The van der Waals surface area contributed by atoms with Gasteiger partial charge in [0.1, 0.15) is 5.82 Å². The number of rotatable bonds is 7. The molecule has 0 spiro atoms. The predicted octanol–water partition coefficient (Wildman–Crippen LogP) is 3.58. The van der Waals surface area contributed by atoms with Crippen LogP contribution in [0.1, 0.15) is 5.69 Å². The molecule has 0 aliphatic carbocycles. The number of benzene rings is 1. The van der Waals surface area contributed by atoms with Crippen LogP contribution in [0.3, 0.4) is 0 Å². The average Bonchev–Trinajstić information content (AvgIpc) is 3.20. The molecule has 128 valence electrons. The van der Waals surface area contributed by atoms with Gasteiger partial charge in [0, 0.05) is 35.5 Å². The van der Waals surface area contributed by atoms with E-state index in [0.29, 0.717) is 13.1 Å². The predicted molar refractivity (Wildman–Crippen MR) is 102 cm³/mol. The third-order valence-corrected chi connectivity index (χ3v) is 4.41. The van der Waals surface area contributed by atoms with Crippen LogP contribution < -0.4 is 5.32 Å². The Bertz CT molecular complexity index is 921. The quantitative estimate of drug-likeness (QED) is 0.659. The van der Waals surface area contributed by atoms with Crippen LogP contribution in [0.15, 0.2) is 57.6 Å². The highest BCUT2D eigenvalue weighted by Crippen LogP contribution is 2.28. The summed E-state index contributed by atoms with van der Waals surface area (Å²) in [6, 6.07) is 6.37. The lowest BCUT2D eigenvalue weighted by atomic mass is 10.1. The molecule has 0 saturated heterocycles. The zero-order valence-electron chi connectivity index (χ0n) is 13.8. The third-order valence-electron chi connectivity index (χ3n) is 3.65. The lowest BCUT2D eigenvalue weighted by molar-refractivity contribution is 0.628. The van der Waals surface area contributed by atoms with Crippen LogP contribution in [0.25, 0.3) is 16.2 Å². The van der Waals surface area contributed by atoms with E-state index in [1.54, 1.807) is 29.7 Å². The molecule has 2 heterocycles. The van der Waals surface area contributed by atoms with Crippen molar-refractivity contribution < 1.29 is 4.39 Å². The molecule has 1 N–H and O–H groups in total. The number of hydrogen-bond acceptors (Lipinski definition) is 5. The number of nitrogens with zero attached hydrogens (tertiary/aromatic N) is 4. The van der Waals surface area contributed by atoms with Crippen molar-refractivity contribution in [1.82, 2.24) is 14.7 Å². The number of nitrogens with one attached hydrogen (secondary N) is 1. The van der Waals surface area contributed by atoms with E-state index in [2.05, 4.69) is 22.0 Å². The first-order valence-corrected chi connectivity index (χ1v) is 8.61. The number of fused-ring (bicyclic) bond motifs is 1. The van der Waals surface area contributed by atoms with Crippen molar-refractivity contribution in [3.63, 3.8) is 0 Å². The first kappa shape index (κ1) is 17.2. The van der Waals surface area contributed by atoms with Crippen LogP contribution in [0, 0.1) is 5.82 Å². The van der Waals surface area contributed by atoms with E-state index in [1.165, 1.54) is 12.1 Å². The van der Waals surface area contributed by atoms with Gasteiger partial charge < -0.3 is 5.32 Å². The summed E-state index contributed by atoms with van der Waals surface area (Å²) < 4.78 is 15.3. The van der Waals surface area contributed by atoms with Crippen molar-refractivity contribution in [2.45, 2.75) is 6.42 Å². The Labute approximate surface area is 149 Å². The number of aromatic nitrogens is 2. The Morgan fingerprint density at radius 1 is 1.40 bits per heavy atom. The van der Waals surface area contributed by atoms with Gasteiger partial charge in [-0.3, -0.25) is 14.4 Å². The van der Waals surface area contributed by atoms with Crippen molar-refractivity contribution in [2.24, 2.45) is 9.98 Å². The third kappa shape index (κ3) is 3.89. The summed E-state index contributed by atoms with van der Waals surface area (Å²) in [7, 11) is 1.84.